The molecule has 3 rings (SSSR count). The molecule has 1 heterocycles. The molecule has 0 spiro atoms. The lowest BCUT2D eigenvalue weighted by Gasteiger charge is -2.16. The number of hydrogen-bond donors (Lipinski definition) is 1. The molecule has 1 aliphatic rings. The van der Waals surface area contributed by atoms with E-state index in [4.69, 9.17) is 0 Å². The van der Waals surface area contributed by atoms with Crippen molar-refractivity contribution in [3.8, 4) is 0 Å². The molecule has 1 radical (unpaired) electrons. The van der Waals surface area contributed by atoms with Crippen molar-refractivity contribution >= 4 is 17.0 Å². The predicted octanol–water partition coefficient (Wildman–Crippen LogP) is 4.91. The minimum Gasteiger partial charge on any atom is -0.171 e. The van der Waals surface area contributed by atoms with Crippen LogP contribution in [0.5, 0.6) is 0 Å². The lowest BCUT2D eigenvalue weighted by atomic mass is 10.2. The minimum atomic E-state index is -4.28. The summed E-state index contributed by atoms with van der Waals surface area (Å²) in [6.45, 7) is 0. The van der Waals surface area contributed by atoms with Gasteiger partial charge < -0.3 is 0 Å². The predicted molar refractivity (Wildman–Crippen MR) is 71.1 cm³/mol. The van der Waals surface area contributed by atoms with Gasteiger partial charge in [-0.1, -0.05) is 18.2 Å². The highest BCUT2D eigenvalue weighted by Crippen LogP contribution is 2.51. The molecule has 0 nitrogen and oxygen atoms in total. The zero-order chi connectivity index (χ0) is 13.5. The third-order valence-electron chi connectivity index (χ3n) is 2.98. The molecule has 0 aromatic heterocycles. The van der Waals surface area contributed by atoms with Crippen LogP contribution in [0.25, 0.3) is 6.08 Å². The molecule has 2 aromatic rings. The Morgan fingerprint density at radius 1 is 0.895 bits per heavy atom. The third kappa shape index (κ3) is 2.28. The Hall–Kier alpha value is -1.68. The van der Waals surface area contributed by atoms with Crippen molar-refractivity contribution < 1.29 is 13.2 Å². The summed E-state index contributed by atoms with van der Waals surface area (Å²) >= 11 is 0. The number of alkyl halides is 3. The largest absolute Gasteiger partial charge is 0.416 e. The molecule has 0 N–H and O–H groups in total. The van der Waals surface area contributed by atoms with Crippen LogP contribution >= 0.6 is 10.9 Å². The highest BCUT2D eigenvalue weighted by molar-refractivity contribution is 8.19. The van der Waals surface area contributed by atoms with Crippen LogP contribution in [0.1, 0.15) is 11.1 Å². The maximum Gasteiger partial charge on any atom is 0.416 e. The van der Waals surface area contributed by atoms with Gasteiger partial charge in [-0.3, -0.25) is 0 Å². The average molecular weight is 279 g/mol. The molecular formula is C15H10F3S. The van der Waals surface area contributed by atoms with Crippen molar-refractivity contribution in [2.45, 2.75) is 16.0 Å². The fourth-order valence-electron chi connectivity index (χ4n) is 2.03. The summed E-state index contributed by atoms with van der Waals surface area (Å²) in [7, 11) is -0.777. The van der Waals surface area contributed by atoms with Crippen molar-refractivity contribution in [3.63, 3.8) is 0 Å². The second-order valence-electron chi connectivity index (χ2n) is 4.21. The maximum atomic E-state index is 12.5. The van der Waals surface area contributed by atoms with Crippen molar-refractivity contribution in [1.29, 1.82) is 0 Å². The van der Waals surface area contributed by atoms with Crippen LogP contribution in [-0.2, 0) is 6.18 Å². The van der Waals surface area contributed by atoms with Crippen LogP contribution in [0.15, 0.2) is 58.3 Å². The van der Waals surface area contributed by atoms with Gasteiger partial charge in [0.2, 0.25) is 0 Å². The summed E-state index contributed by atoms with van der Waals surface area (Å²) in [5.41, 5.74) is 0.497. The summed E-state index contributed by atoms with van der Waals surface area (Å²) in [5, 5.41) is 3.26. The van der Waals surface area contributed by atoms with Crippen LogP contribution in [0.3, 0.4) is 0 Å². The fraction of sp³-hybridized carbons (Fsp3) is 0.0667. The van der Waals surface area contributed by atoms with Gasteiger partial charge in [-0.2, -0.15) is 24.1 Å². The SMILES string of the molecule is FC(F)(F)c1ccc([SH]2[C]=Cc3ccccc32)cc1. The van der Waals surface area contributed by atoms with Gasteiger partial charge in [-0.25, -0.2) is 0 Å². The first kappa shape index (κ1) is 12.4. The highest BCUT2D eigenvalue weighted by Gasteiger charge is 2.30. The number of fused-ring (bicyclic) bond motifs is 1. The first-order valence-corrected chi connectivity index (χ1v) is 7.06. The van der Waals surface area contributed by atoms with Crippen LogP contribution in [-0.4, -0.2) is 0 Å². The second-order valence-corrected chi connectivity index (χ2v) is 6.14. The van der Waals surface area contributed by atoms with E-state index in [0.717, 1.165) is 27.5 Å². The lowest BCUT2D eigenvalue weighted by Crippen LogP contribution is -2.04. The summed E-state index contributed by atoms with van der Waals surface area (Å²) in [6.07, 6.45) is -2.36. The van der Waals surface area contributed by atoms with Crippen molar-refractivity contribution in [3.05, 3.63) is 65.1 Å². The summed E-state index contributed by atoms with van der Waals surface area (Å²) in [5.74, 6) is 0. The van der Waals surface area contributed by atoms with E-state index in [-0.39, 0.29) is 0 Å². The summed E-state index contributed by atoms with van der Waals surface area (Å²) in [4.78, 5) is 2.04. The van der Waals surface area contributed by atoms with Crippen molar-refractivity contribution in [1.82, 2.24) is 0 Å². The monoisotopic (exact) mass is 279 g/mol. The van der Waals surface area contributed by atoms with Gasteiger partial charge in [0.05, 0.1) is 5.56 Å². The zero-order valence-electron chi connectivity index (χ0n) is 9.78. The Morgan fingerprint density at radius 3 is 2.26 bits per heavy atom. The Bertz CT molecular complexity index is 627. The fourth-order valence-corrected chi connectivity index (χ4v) is 3.94. The number of rotatable bonds is 1. The molecule has 1 atom stereocenters. The number of hydrogen-bond acceptors (Lipinski definition) is 0. The first-order chi connectivity index (χ1) is 9.05. The van der Waals surface area contributed by atoms with E-state index in [1.165, 1.54) is 0 Å². The number of thiol groups is 1. The van der Waals surface area contributed by atoms with Crippen LogP contribution in [0.4, 0.5) is 13.2 Å². The van der Waals surface area contributed by atoms with E-state index >= 15 is 0 Å². The number of halogens is 3. The van der Waals surface area contributed by atoms with E-state index in [1.54, 1.807) is 12.1 Å². The molecule has 1 unspecified atom stereocenters. The molecule has 0 bridgehead atoms. The highest BCUT2D eigenvalue weighted by atomic mass is 32.2. The molecule has 0 amide bonds. The normalized spacial score (nSPS) is 19.4. The van der Waals surface area contributed by atoms with Gasteiger partial charge in [0, 0.05) is 10.3 Å². The Labute approximate surface area is 111 Å². The molecule has 4 heteroatoms. The first-order valence-electron chi connectivity index (χ1n) is 5.71. The maximum absolute atomic E-state index is 12.5. The smallest absolute Gasteiger partial charge is 0.171 e. The standard InChI is InChI=1S/C15H10F3S/c16-15(17,18)12-5-7-13(8-6-12)19-10-9-11-3-1-2-4-14(11)19/h1-9,19H. The van der Waals surface area contributed by atoms with E-state index in [0.29, 0.717) is 0 Å². The Balaban J connectivity index is 1.95. The van der Waals surface area contributed by atoms with Crippen LogP contribution in [0, 0.1) is 5.41 Å². The average Bonchev–Trinajstić information content (AvgIpc) is 2.82. The minimum absolute atomic E-state index is 0.609. The van der Waals surface area contributed by atoms with E-state index in [9.17, 15) is 13.2 Å². The molecular weight excluding hydrogens is 269 g/mol. The Kier molecular flexibility index (Phi) is 2.90. The van der Waals surface area contributed by atoms with Gasteiger partial charge in [0.25, 0.3) is 0 Å². The van der Waals surface area contributed by atoms with E-state index < -0.39 is 22.6 Å². The summed E-state index contributed by atoms with van der Waals surface area (Å²) in [6, 6.07) is 13.3. The topological polar surface area (TPSA) is 0 Å². The molecule has 0 aliphatic carbocycles. The Morgan fingerprint density at radius 2 is 1.58 bits per heavy atom. The molecule has 0 fully saturated rings. The molecule has 19 heavy (non-hydrogen) atoms. The van der Waals surface area contributed by atoms with Gasteiger partial charge >= 0.3 is 6.18 Å². The van der Waals surface area contributed by atoms with Crippen molar-refractivity contribution in [2.24, 2.45) is 0 Å². The summed E-state index contributed by atoms with van der Waals surface area (Å²) < 4.78 is 37.6. The zero-order valence-corrected chi connectivity index (χ0v) is 10.7. The number of benzene rings is 2. The molecule has 1 aliphatic heterocycles. The second kappa shape index (κ2) is 4.46. The van der Waals surface area contributed by atoms with Crippen LogP contribution < -0.4 is 0 Å². The molecule has 97 valence electrons. The van der Waals surface area contributed by atoms with Gasteiger partial charge in [0.1, 0.15) is 0 Å². The van der Waals surface area contributed by atoms with Gasteiger partial charge in [-0.15, -0.1) is 0 Å². The van der Waals surface area contributed by atoms with E-state index in [2.05, 4.69) is 5.41 Å². The van der Waals surface area contributed by atoms with Crippen LogP contribution in [0.2, 0.25) is 0 Å². The molecule has 0 saturated heterocycles. The quantitative estimate of drug-likeness (QED) is 0.704. The van der Waals surface area contributed by atoms with Crippen molar-refractivity contribution in [2.75, 3.05) is 0 Å². The van der Waals surface area contributed by atoms with Gasteiger partial charge in [-0.05, 0) is 46.9 Å². The third-order valence-corrected chi connectivity index (χ3v) is 5.07. The van der Waals surface area contributed by atoms with E-state index in [1.807, 2.05) is 30.3 Å². The van der Waals surface area contributed by atoms with Gasteiger partial charge in [0.15, 0.2) is 0 Å². The lowest BCUT2D eigenvalue weighted by molar-refractivity contribution is -0.137. The molecule has 2 aromatic carbocycles. The molecule has 0 saturated carbocycles.